The molecule has 11 nitrogen and oxygen atoms in total. The van der Waals surface area contributed by atoms with Gasteiger partial charge in [0.15, 0.2) is 11.9 Å². The number of alkyl halides is 2. The van der Waals surface area contributed by atoms with E-state index in [0.29, 0.717) is 25.1 Å². The van der Waals surface area contributed by atoms with Crippen LogP contribution in [0.1, 0.15) is 56.2 Å². The Bertz CT molecular complexity index is 1660. The first kappa shape index (κ1) is 32.5. The molecule has 0 radical (unpaired) electrons. The van der Waals surface area contributed by atoms with Crippen LogP contribution in [0.3, 0.4) is 0 Å². The van der Waals surface area contributed by atoms with Crippen molar-refractivity contribution in [3.8, 4) is 23.2 Å². The number of carboxylic acid groups (broad SMARTS) is 1. The molecular formula is C33H37F2N7O4. The number of nitriles is 1. The van der Waals surface area contributed by atoms with E-state index >= 15 is 0 Å². The number of nitrogens with zero attached hydrogens (tertiary/aromatic N) is 6. The first-order valence-corrected chi connectivity index (χ1v) is 15.1. The molecule has 0 saturated carbocycles. The fraction of sp³-hybridized carbons (Fsp3) is 0.455. The molecule has 2 aliphatic heterocycles. The topological polar surface area (TPSA) is 145 Å². The Morgan fingerprint density at radius 2 is 1.96 bits per heavy atom. The number of halogens is 2. The molecule has 0 bridgehead atoms. The molecule has 3 heterocycles. The summed E-state index contributed by atoms with van der Waals surface area (Å²) in [5.74, 6) is -2.33. The third-order valence-electron chi connectivity index (χ3n) is 8.83. The minimum Gasteiger partial charge on any atom is -0.483 e. The summed E-state index contributed by atoms with van der Waals surface area (Å²) in [5, 5.41) is 22.5. The van der Waals surface area contributed by atoms with Crippen LogP contribution in [0.5, 0.6) is 5.75 Å². The normalized spacial score (nSPS) is 21.3. The van der Waals surface area contributed by atoms with Crippen LogP contribution in [-0.4, -0.2) is 80.6 Å². The Hall–Kier alpha value is -4.86. The smallest absolute Gasteiger partial charge is 0.407 e. The molecule has 0 spiro atoms. The lowest BCUT2D eigenvalue weighted by molar-refractivity contribution is -0.151. The van der Waals surface area contributed by atoms with Crippen molar-refractivity contribution in [2.75, 3.05) is 31.5 Å². The van der Waals surface area contributed by atoms with Gasteiger partial charge in [0.05, 0.1) is 12.1 Å². The Morgan fingerprint density at radius 3 is 2.61 bits per heavy atom. The van der Waals surface area contributed by atoms with Gasteiger partial charge in [0, 0.05) is 37.3 Å². The van der Waals surface area contributed by atoms with Gasteiger partial charge in [0.1, 0.15) is 18.1 Å². The SMILES string of the molecule is Cc1cc(Nc2ncnc(-c3ccc(OC4CCN(C=O)CC4(F)F)c(C#N)c3)n2)ccc1C1CCN(C(=O)O)CC1C(C)(C)C. The molecule has 2 amide bonds. The van der Waals surface area contributed by atoms with Gasteiger partial charge < -0.3 is 25.0 Å². The van der Waals surface area contributed by atoms with Crippen LogP contribution < -0.4 is 10.1 Å². The van der Waals surface area contributed by atoms with Gasteiger partial charge in [-0.25, -0.2) is 23.5 Å². The number of rotatable bonds is 7. The van der Waals surface area contributed by atoms with Gasteiger partial charge in [0.2, 0.25) is 12.4 Å². The Morgan fingerprint density at radius 1 is 1.17 bits per heavy atom. The van der Waals surface area contributed by atoms with Gasteiger partial charge in [-0.1, -0.05) is 26.8 Å². The number of nitrogens with one attached hydrogen (secondary N) is 1. The number of likely N-dealkylation sites (tertiary alicyclic amines) is 2. The third-order valence-corrected chi connectivity index (χ3v) is 8.83. The molecule has 2 aliphatic rings. The zero-order valence-electron chi connectivity index (χ0n) is 26.2. The number of piperidine rings is 2. The lowest BCUT2D eigenvalue weighted by atomic mass is 9.67. The lowest BCUT2D eigenvalue weighted by Crippen LogP contribution is -2.53. The number of aryl methyl sites for hydroxylation is 1. The van der Waals surface area contributed by atoms with Crippen molar-refractivity contribution >= 4 is 24.1 Å². The van der Waals surface area contributed by atoms with Crippen LogP contribution in [0.25, 0.3) is 11.4 Å². The van der Waals surface area contributed by atoms with Crippen LogP contribution in [0.15, 0.2) is 42.7 Å². The summed E-state index contributed by atoms with van der Waals surface area (Å²) in [5.41, 5.74) is 3.46. The predicted molar refractivity (Wildman–Crippen MR) is 166 cm³/mol. The van der Waals surface area contributed by atoms with Gasteiger partial charge in [0.25, 0.3) is 0 Å². The van der Waals surface area contributed by atoms with Crippen molar-refractivity contribution in [1.82, 2.24) is 24.8 Å². The van der Waals surface area contributed by atoms with Gasteiger partial charge in [-0.2, -0.15) is 10.2 Å². The van der Waals surface area contributed by atoms with Crippen molar-refractivity contribution in [1.29, 1.82) is 5.26 Å². The molecule has 0 aliphatic carbocycles. The van der Waals surface area contributed by atoms with Crippen molar-refractivity contribution in [2.24, 2.45) is 11.3 Å². The Kier molecular flexibility index (Phi) is 9.10. The fourth-order valence-corrected chi connectivity index (χ4v) is 6.36. The van der Waals surface area contributed by atoms with E-state index in [1.165, 1.54) is 28.9 Å². The monoisotopic (exact) mass is 633 g/mol. The van der Waals surface area contributed by atoms with Crippen molar-refractivity contribution in [2.45, 2.75) is 58.5 Å². The Balaban J connectivity index is 1.32. The lowest BCUT2D eigenvalue weighted by Gasteiger charge is -2.44. The number of benzene rings is 2. The summed E-state index contributed by atoms with van der Waals surface area (Å²) in [6.45, 7) is 8.87. The largest absolute Gasteiger partial charge is 0.483 e. The number of aromatic nitrogens is 3. The number of hydrogen-bond donors (Lipinski definition) is 2. The molecule has 3 unspecified atom stereocenters. The van der Waals surface area contributed by atoms with Crippen LogP contribution >= 0.6 is 0 Å². The summed E-state index contributed by atoms with van der Waals surface area (Å²) >= 11 is 0. The Labute approximate surface area is 266 Å². The second-order valence-corrected chi connectivity index (χ2v) is 13.0. The van der Waals surface area contributed by atoms with Crippen LogP contribution in [0, 0.1) is 29.6 Å². The molecule has 13 heteroatoms. The molecule has 5 rings (SSSR count). The zero-order valence-corrected chi connectivity index (χ0v) is 26.2. The van der Waals surface area contributed by atoms with Crippen molar-refractivity contribution in [3.05, 3.63) is 59.4 Å². The molecule has 2 N–H and O–H groups in total. The summed E-state index contributed by atoms with van der Waals surface area (Å²) in [6.07, 6.45) is 0.0591. The highest BCUT2D eigenvalue weighted by Crippen LogP contribution is 2.44. The number of ether oxygens (including phenoxy) is 1. The molecule has 1 aromatic heterocycles. The van der Waals surface area contributed by atoms with Gasteiger partial charge in [-0.3, -0.25) is 4.79 Å². The van der Waals surface area contributed by atoms with Crippen LogP contribution in [-0.2, 0) is 4.79 Å². The fourth-order valence-electron chi connectivity index (χ4n) is 6.36. The maximum atomic E-state index is 14.6. The van der Waals surface area contributed by atoms with Crippen LogP contribution in [0.4, 0.5) is 25.2 Å². The van der Waals surface area contributed by atoms with E-state index < -0.39 is 24.7 Å². The van der Waals surface area contributed by atoms with Crippen LogP contribution in [0.2, 0.25) is 0 Å². The maximum Gasteiger partial charge on any atom is 0.407 e. The number of hydrogen-bond acceptors (Lipinski definition) is 8. The number of carbonyl (C=O) groups is 2. The summed E-state index contributed by atoms with van der Waals surface area (Å²) in [4.78, 5) is 38.1. The summed E-state index contributed by atoms with van der Waals surface area (Å²) in [6, 6.07) is 12.6. The minimum absolute atomic E-state index is 0.0146. The maximum absolute atomic E-state index is 14.6. The van der Waals surface area contributed by atoms with E-state index in [9.17, 15) is 28.7 Å². The van der Waals surface area contributed by atoms with E-state index in [1.54, 1.807) is 6.07 Å². The highest BCUT2D eigenvalue weighted by atomic mass is 19.3. The van der Waals surface area contributed by atoms with E-state index in [2.05, 4.69) is 47.1 Å². The third kappa shape index (κ3) is 7.01. The molecule has 2 saturated heterocycles. The average molecular weight is 634 g/mol. The highest BCUT2D eigenvalue weighted by molar-refractivity contribution is 5.65. The molecule has 2 aromatic carbocycles. The minimum atomic E-state index is -3.26. The average Bonchev–Trinajstić information content (AvgIpc) is 3.01. The summed E-state index contributed by atoms with van der Waals surface area (Å²) < 4.78 is 34.7. The second-order valence-electron chi connectivity index (χ2n) is 13.0. The standard InChI is InChI=1S/C33H37F2N7O4/c1-20-13-23(6-7-24(20)25-9-12-42(31(44)45)16-26(25)32(2,3)4)39-30-38-18-37-29(40-30)21-5-8-27(22(14-21)15-36)46-28-10-11-41(19-43)17-33(28,34)35/h5-8,13-14,18-19,25-26,28H,9-12,16-17H2,1-4H3,(H,44,45)(H,37,38,39,40). The van der Waals surface area contributed by atoms with Crippen molar-refractivity contribution in [3.63, 3.8) is 0 Å². The van der Waals surface area contributed by atoms with Crippen molar-refractivity contribution < 1.29 is 28.2 Å². The zero-order chi connectivity index (χ0) is 33.2. The molecule has 2 fully saturated rings. The molecule has 242 valence electrons. The predicted octanol–water partition coefficient (Wildman–Crippen LogP) is 5.84. The summed E-state index contributed by atoms with van der Waals surface area (Å²) in [7, 11) is 0. The van der Waals surface area contributed by atoms with Gasteiger partial charge in [-0.15, -0.1) is 0 Å². The van der Waals surface area contributed by atoms with Gasteiger partial charge >= 0.3 is 12.0 Å². The van der Waals surface area contributed by atoms with Gasteiger partial charge in [-0.05, 0) is 72.1 Å². The van der Waals surface area contributed by atoms with E-state index in [4.69, 9.17) is 4.74 Å². The first-order valence-electron chi connectivity index (χ1n) is 15.1. The first-order chi connectivity index (χ1) is 21.8. The quantitative estimate of drug-likeness (QED) is 0.307. The molecule has 46 heavy (non-hydrogen) atoms. The molecule has 3 atom stereocenters. The number of amides is 2. The van der Waals surface area contributed by atoms with E-state index in [1.807, 2.05) is 25.1 Å². The van der Waals surface area contributed by atoms with E-state index in [-0.39, 0.29) is 53.3 Å². The molecule has 3 aromatic rings. The molecular weight excluding hydrogens is 596 g/mol. The highest BCUT2D eigenvalue weighted by Gasteiger charge is 2.46. The number of carbonyl (C=O) groups excluding carboxylic acids is 1. The number of anilines is 2. The van der Waals surface area contributed by atoms with E-state index in [0.717, 1.165) is 22.6 Å². The second kappa shape index (κ2) is 12.9.